The van der Waals surface area contributed by atoms with Gasteiger partial charge in [-0.25, -0.2) is 0 Å². The maximum atomic E-state index is 11.2. The molecule has 8 heteroatoms. The van der Waals surface area contributed by atoms with E-state index in [4.69, 9.17) is 10.6 Å². The topological polar surface area (TPSA) is 107 Å². The number of anilines is 1. The second kappa shape index (κ2) is 6.82. The molecule has 0 fully saturated rings. The van der Waals surface area contributed by atoms with Crippen molar-refractivity contribution in [1.29, 1.82) is 0 Å². The molecule has 0 radical (unpaired) electrons. The number of esters is 1. The number of benzene rings is 1. The van der Waals surface area contributed by atoms with Crippen molar-refractivity contribution in [2.24, 2.45) is 5.84 Å². The van der Waals surface area contributed by atoms with Crippen LogP contribution in [0.3, 0.4) is 0 Å². The maximum absolute atomic E-state index is 11.2. The van der Waals surface area contributed by atoms with Crippen molar-refractivity contribution in [2.75, 3.05) is 17.8 Å². The number of carbonyl (C=O) groups is 1. The molecule has 0 aliphatic rings. The number of nitro groups is 1. The Morgan fingerprint density at radius 2 is 2.28 bits per heavy atom. The van der Waals surface area contributed by atoms with Crippen molar-refractivity contribution in [2.45, 2.75) is 11.8 Å². The standard InChI is InChI=1S/C10H13N3O4S/c1-2-17-10(14)6-18-9-4-7(12-11)3-8(5-9)13(15)16/h3-5,12H,2,6,11H2,1H3. The number of nitrogen functional groups attached to an aromatic ring is 1. The SMILES string of the molecule is CCOC(=O)CSc1cc(NN)cc([N+](=O)[O-])c1. The van der Waals surface area contributed by atoms with Crippen LogP contribution in [0.1, 0.15) is 6.92 Å². The van der Waals surface area contributed by atoms with Crippen LogP contribution in [0.4, 0.5) is 11.4 Å². The van der Waals surface area contributed by atoms with Crippen molar-refractivity contribution in [1.82, 2.24) is 0 Å². The minimum absolute atomic E-state index is 0.0863. The summed E-state index contributed by atoms with van der Waals surface area (Å²) < 4.78 is 4.76. The first-order chi connectivity index (χ1) is 8.56. The Labute approximate surface area is 108 Å². The van der Waals surface area contributed by atoms with Gasteiger partial charge in [0, 0.05) is 17.0 Å². The number of non-ortho nitro benzene ring substituents is 1. The number of hydrogen-bond acceptors (Lipinski definition) is 7. The highest BCUT2D eigenvalue weighted by Crippen LogP contribution is 2.27. The smallest absolute Gasteiger partial charge is 0.316 e. The molecular formula is C10H13N3O4S. The van der Waals surface area contributed by atoms with Gasteiger partial charge in [-0.05, 0) is 13.0 Å². The Kier molecular flexibility index (Phi) is 5.40. The summed E-state index contributed by atoms with van der Waals surface area (Å²) in [5.74, 6) is 4.95. The minimum atomic E-state index is -0.519. The zero-order valence-corrected chi connectivity index (χ0v) is 10.5. The molecule has 0 spiro atoms. The normalized spacial score (nSPS) is 9.89. The molecule has 0 aliphatic carbocycles. The number of nitrogens with two attached hydrogens (primary N) is 1. The molecule has 1 rings (SSSR count). The number of rotatable bonds is 6. The van der Waals surface area contributed by atoms with E-state index in [0.29, 0.717) is 17.2 Å². The largest absolute Gasteiger partial charge is 0.465 e. The Morgan fingerprint density at radius 1 is 1.56 bits per heavy atom. The first-order valence-corrected chi connectivity index (χ1v) is 6.10. The molecule has 1 aromatic carbocycles. The van der Waals surface area contributed by atoms with Crippen LogP contribution < -0.4 is 11.3 Å². The van der Waals surface area contributed by atoms with E-state index in [2.05, 4.69) is 5.43 Å². The lowest BCUT2D eigenvalue weighted by Crippen LogP contribution is -2.08. The second-order valence-electron chi connectivity index (χ2n) is 3.21. The quantitative estimate of drug-likeness (QED) is 0.265. The molecule has 0 aromatic heterocycles. The van der Waals surface area contributed by atoms with E-state index < -0.39 is 4.92 Å². The molecule has 3 N–H and O–H groups in total. The lowest BCUT2D eigenvalue weighted by Gasteiger charge is -2.05. The summed E-state index contributed by atoms with van der Waals surface area (Å²) >= 11 is 1.16. The summed E-state index contributed by atoms with van der Waals surface area (Å²) in [6.45, 7) is 2.02. The minimum Gasteiger partial charge on any atom is -0.465 e. The molecule has 0 atom stereocenters. The van der Waals surface area contributed by atoms with Gasteiger partial charge in [0.2, 0.25) is 0 Å². The first-order valence-electron chi connectivity index (χ1n) is 5.11. The molecule has 7 nitrogen and oxygen atoms in total. The number of thioether (sulfide) groups is 1. The van der Waals surface area contributed by atoms with E-state index in [1.54, 1.807) is 13.0 Å². The molecule has 0 aliphatic heterocycles. The number of carbonyl (C=O) groups excluding carboxylic acids is 1. The molecule has 18 heavy (non-hydrogen) atoms. The first kappa shape index (κ1) is 14.3. The third kappa shape index (κ3) is 4.22. The number of nitrogens with one attached hydrogen (secondary N) is 1. The van der Waals surface area contributed by atoms with E-state index in [0.717, 1.165) is 11.8 Å². The van der Waals surface area contributed by atoms with E-state index in [1.807, 2.05) is 0 Å². The number of hydrogen-bond donors (Lipinski definition) is 2. The number of nitrogens with zero attached hydrogens (tertiary/aromatic N) is 1. The van der Waals surface area contributed by atoms with E-state index in [9.17, 15) is 14.9 Å². The van der Waals surface area contributed by atoms with Gasteiger partial charge in [0.25, 0.3) is 5.69 Å². The van der Waals surface area contributed by atoms with Crippen molar-refractivity contribution >= 4 is 29.1 Å². The maximum Gasteiger partial charge on any atom is 0.316 e. The third-order valence-corrected chi connectivity index (χ3v) is 2.88. The lowest BCUT2D eigenvalue weighted by molar-refractivity contribution is -0.385. The lowest BCUT2D eigenvalue weighted by atomic mass is 10.3. The molecule has 0 unspecified atom stereocenters. The average molecular weight is 271 g/mol. The average Bonchev–Trinajstić information content (AvgIpc) is 2.36. The Hall–Kier alpha value is -1.80. The zero-order chi connectivity index (χ0) is 13.5. The van der Waals surface area contributed by atoms with Gasteiger partial charge in [-0.15, -0.1) is 11.8 Å². The summed E-state index contributed by atoms with van der Waals surface area (Å²) in [6.07, 6.45) is 0. The van der Waals surface area contributed by atoms with Crippen LogP contribution in [0, 0.1) is 10.1 Å². The van der Waals surface area contributed by atoms with Crippen molar-refractivity contribution in [3.8, 4) is 0 Å². The summed E-state index contributed by atoms with van der Waals surface area (Å²) in [4.78, 5) is 21.9. The van der Waals surface area contributed by atoms with Gasteiger partial charge in [0.15, 0.2) is 0 Å². The van der Waals surface area contributed by atoms with Crippen LogP contribution in [0.25, 0.3) is 0 Å². The van der Waals surface area contributed by atoms with Crippen molar-refractivity contribution < 1.29 is 14.5 Å². The van der Waals surface area contributed by atoms with Crippen LogP contribution in [-0.4, -0.2) is 23.3 Å². The summed E-state index contributed by atoms with van der Waals surface area (Å²) in [5.41, 5.74) is 2.67. The number of ether oxygens (including phenoxy) is 1. The van der Waals surface area contributed by atoms with Crippen LogP contribution in [0.5, 0.6) is 0 Å². The monoisotopic (exact) mass is 271 g/mol. The van der Waals surface area contributed by atoms with E-state index in [-0.39, 0.29) is 17.4 Å². The summed E-state index contributed by atoms with van der Waals surface area (Å²) in [6, 6.07) is 4.32. The van der Waals surface area contributed by atoms with Crippen LogP contribution in [0.2, 0.25) is 0 Å². The van der Waals surface area contributed by atoms with Gasteiger partial charge in [-0.2, -0.15) is 0 Å². The highest BCUT2D eigenvalue weighted by molar-refractivity contribution is 8.00. The highest BCUT2D eigenvalue weighted by atomic mass is 32.2. The van der Waals surface area contributed by atoms with E-state index in [1.165, 1.54) is 12.1 Å². The fraction of sp³-hybridized carbons (Fsp3) is 0.300. The highest BCUT2D eigenvalue weighted by Gasteiger charge is 2.11. The predicted molar refractivity (Wildman–Crippen MR) is 68.3 cm³/mol. The number of nitro benzene ring substituents is 1. The van der Waals surface area contributed by atoms with Gasteiger partial charge in [-0.3, -0.25) is 20.8 Å². The Morgan fingerprint density at radius 3 is 2.83 bits per heavy atom. The van der Waals surface area contributed by atoms with E-state index >= 15 is 0 Å². The fourth-order valence-corrected chi connectivity index (χ4v) is 1.98. The third-order valence-electron chi connectivity index (χ3n) is 1.93. The summed E-state index contributed by atoms with van der Waals surface area (Å²) in [5, 5.41) is 10.7. The molecule has 0 bridgehead atoms. The molecule has 1 aromatic rings. The Balaban J connectivity index is 2.78. The van der Waals surface area contributed by atoms with Crippen molar-refractivity contribution in [3.63, 3.8) is 0 Å². The molecular weight excluding hydrogens is 258 g/mol. The molecule has 0 saturated heterocycles. The van der Waals surface area contributed by atoms with Gasteiger partial charge in [0.05, 0.1) is 23.0 Å². The van der Waals surface area contributed by atoms with Crippen LogP contribution >= 0.6 is 11.8 Å². The van der Waals surface area contributed by atoms with Crippen LogP contribution in [-0.2, 0) is 9.53 Å². The van der Waals surface area contributed by atoms with Gasteiger partial charge >= 0.3 is 5.97 Å². The van der Waals surface area contributed by atoms with Gasteiger partial charge in [-0.1, -0.05) is 0 Å². The summed E-state index contributed by atoms with van der Waals surface area (Å²) in [7, 11) is 0. The fourth-order valence-electron chi connectivity index (χ4n) is 1.20. The second-order valence-corrected chi connectivity index (χ2v) is 4.26. The molecule has 0 saturated carbocycles. The van der Waals surface area contributed by atoms with Crippen LogP contribution in [0.15, 0.2) is 23.1 Å². The predicted octanol–water partition coefficient (Wildman–Crippen LogP) is 1.54. The number of hydrazine groups is 1. The van der Waals surface area contributed by atoms with Gasteiger partial charge in [0.1, 0.15) is 0 Å². The zero-order valence-electron chi connectivity index (χ0n) is 9.71. The molecule has 0 heterocycles. The van der Waals surface area contributed by atoms with Crippen molar-refractivity contribution in [3.05, 3.63) is 28.3 Å². The Bertz CT molecular complexity index is 453. The molecule has 0 amide bonds. The van der Waals surface area contributed by atoms with Gasteiger partial charge < -0.3 is 10.2 Å². The molecule has 98 valence electrons.